The monoisotopic (exact) mass is 393 g/mol. The number of halogens is 5. The van der Waals surface area contributed by atoms with Crippen LogP contribution in [-0.4, -0.2) is 15.7 Å². The van der Waals surface area contributed by atoms with Gasteiger partial charge in [-0.15, -0.1) is 0 Å². The summed E-state index contributed by atoms with van der Waals surface area (Å²) >= 11 is 3.09. The summed E-state index contributed by atoms with van der Waals surface area (Å²) in [6, 6.07) is 3.87. The number of carbonyl (C=O) groups excluding carboxylic acids is 1. The molecule has 1 aromatic heterocycles. The van der Waals surface area contributed by atoms with Gasteiger partial charge in [0, 0.05) is 10.2 Å². The highest BCUT2D eigenvalue weighted by Crippen LogP contribution is 2.29. The quantitative estimate of drug-likeness (QED) is 0.789. The SMILES string of the molecule is Cc1cc(C(F)(F)F)nn1C(C)C(=O)Nc1ccc(Br)cc1F. The van der Waals surface area contributed by atoms with Crippen LogP contribution in [0.15, 0.2) is 28.7 Å². The normalized spacial score (nSPS) is 13.0. The summed E-state index contributed by atoms with van der Waals surface area (Å²) in [7, 11) is 0. The number of nitrogens with zero attached hydrogens (tertiary/aromatic N) is 2. The third-order valence-corrected chi connectivity index (χ3v) is 3.64. The number of carbonyl (C=O) groups is 1. The van der Waals surface area contributed by atoms with Crippen LogP contribution in [0.3, 0.4) is 0 Å². The second-order valence-electron chi connectivity index (χ2n) is 4.90. The Kier molecular flexibility index (Phi) is 4.79. The molecular weight excluding hydrogens is 382 g/mol. The summed E-state index contributed by atoms with van der Waals surface area (Å²) in [6.07, 6.45) is -4.59. The van der Waals surface area contributed by atoms with Crippen molar-refractivity contribution in [1.29, 1.82) is 0 Å². The Labute approximate surface area is 137 Å². The number of aryl methyl sites for hydroxylation is 1. The van der Waals surface area contributed by atoms with Crippen molar-refractivity contribution in [2.24, 2.45) is 0 Å². The van der Waals surface area contributed by atoms with Gasteiger partial charge in [0.2, 0.25) is 5.91 Å². The number of anilines is 1. The lowest BCUT2D eigenvalue weighted by atomic mass is 10.2. The van der Waals surface area contributed by atoms with E-state index in [-0.39, 0.29) is 11.4 Å². The molecule has 0 fully saturated rings. The molecule has 23 heavy (non-hydrogen) atoms. The number of hydrogen-bond acceptors (Lipinski definition) is 2. The zero-order valence-electron chi connectivity index (χ0n) is 12.1. The number of alkyl halides is 3. The highest BCUT2D eigenvalue weighted by molar-refractivity contribution is 9.10. The average molecular weight is 394 g/mol. The first-order chi connectivity index (χ1) is 10.6. The third kappa shape index (κ3) is 3.90. The molecule has 1 atom stereocenters. The molecule has 0 aliphatic carbocycles. The summed E-state index contributed by atoms with van der Waals surface area (Å²) in [5.74, 6) is -1.33. The fourth-order valence-electron chi connectivity index (χ4n) is 1.96. The van der Waals surface area contributed by atoms with Crippen molar-refractivity contribution in [1.82, 2.24) is 9.78 Å². The lowest BCUT2D eigenvalue weighted by Crippen LogP contribution is -2.26. The average Bonchev–Trinajstić information content (AvgIpc) is 2.83. The van der Waals surface area contributed by atoms with Crippen LogP contribution in [0.5, 0.6) is 0 Å². The van der Waals surface area contributed by atoms with E-state index in [1.54, 1.807) is 0 Å². The molecule has 0 saturated carbocycles. The van der Waals surface area contributed by atoms with E-state index >= 15 is 0 Å². The maximum Gasteiger partial charge on any atom is 0.435 e. The maximum absolute atomic E-state index is 13.7. The number of aromatic nitrogens is 2. The predicted octanol–water partition coefficient (Wildman–Crippen LogP) is 4.31. The Bertz CT molecular complexity index is 742. The second kappa shape index (κ2) is 6.31. The molecule has 1 unspecified atom stereocenters. The van der Waals surface area contributed by atoms with E-state index in [9.17, 15) is 22.4 Å². The van der Waals surface area contributed by atoms with Crippen molar-refractivity contribution in [2.75, 3.05) is 5.32 Å². The molecule has 0 radical (unpaired) electrons. The zero-order chi connectivity index (χ0) is 17.4. The lowest BCUT2D eigenvalue weighted by molar-refractivity contribution is -0.141. The van der Waals surface area contributed by atoms with Crippen LogP contribution < -0.4 is 5.32 Å². The Morgan fingerprint density at radius 1 is 1.35 bits per heavy atom. The zero-order valence-corrected chi connectivity index (χ0v) is 13.7. The minimum atomic E-state index is -4.59. The molecule has 9 heteroatoms. The molecule has 0 bridgehead atoms. The van der Waals surface area contributed by atoms with Gasteiger partial charge in [-0.2, -0.15) is 18.3 Å². The van der Waals surface area contributed by atoms with Gasteiger partial charge >= 0.3 is 6.18 Å². The molecule has 1 N–H and O–H groups in total. The third-order valence-electron chi connectivity index (χ3n) is 3.15. The molecule has 2 rings (SSSR count). The fraction of sp³-hybridized carbons (Fsp3) is 0.286. The van der Waals surface area contributed by atoms with Gasteiger partial charge in [-0.1, -0.05) is 15.9 Å². The van der Waals surface area contributed by atoms with Crippen LogP contribution >= 0.6 is 15.9 Å². The Hall–Kier alpha value is -1.90. The van der Waals surface area contributed by atoms with Gasteiger partial charge in [0.25, 0.3) is 0 Å². The van der Waals surface area contributed by atoms with Gasteiger partial charge in [-0.05, 0) is 38.1 Å². The van der Waals surface area contributed by atoms with Crippen LogP contribution in [0.2, 0.25) is 0 Å². The molecule has 0 saturated heterocycles. The van der Waals surface area contributed by atoms with E-state index in [0.717, 1.165) is 10.7 Å². The van der Waals surface area contributed by atoms with Crippen molar-refractivity contribution in [2.45, 2.75) is 26.1 Å². The number of hydrogen-bond donors (Lipinski definition) is 1. The van der Waals surface area contributed by atoms with E-state index in [1.165, 1.54) is 32.0 Å². The van der Waals surface area contributed by atoms with E-state index in [4.69, 9.17) is 0 Å². The number of rotatable bonds is 3. The van der Waals surface area contributed by atoms with Gasteiger partial charge < -0.3 is 5.32 Å². The highest BCUT2D eigenvalue weighted by Gasteiger charge is 2.35. The van der Waals surface area contributed by atoms with Gasteiger partial charge in [0.05, 0.1) is 5.69 Å². The van der Waals surface area contributed by atoms with Crippen molar-refractivity contribution in [3.05, 3.63) is 45.9 Å². The fourth-order valence-corrected chi connectivity index (χ4v) is 2.29. The Morgan fingerprint density at radius 3 is 2.52 bits per heavy atom. The van der Waals surface area contributed by atoms with Gasteiger partial charge in [-0.25, -0.2) is 4.39 Å². The van der Waals surface area contributed by atoms with Crippen LogP contribution in [-0.2, 0) is 11.0 Å². The minimum Gasteiger partial charge on any atom is -0.322 e. The lowest BCUT2D eigenvalue weighted by Gasteiger charge is -2.15. The molecule has 1 aromatic carbocycles. The Balaban J connectivity index is 2.21. The van der Waals surface area contributed by atoms with Gasteiger partial charge in [0.15, 0.2) is 5.69 Å². The largest absolute Gasteiger partial charge is 0.435 e. The summed E-state index contributed by atoms with van der Waals surface area (Å²) in [6.45, 7) is 2.79. The predicted molar refractivity (Wildman–Crippen MR) is 79.4 cm³/mol. The van der Waals surface area contributed by atoms with Crippen molar-refractivity contribution < 1.29 is 22.4 Å². The van der Waals surface area contributed by atoms with E-state index in [2.05, 4.69) is 26.3 Å². The molecule has 1 amide bonds. The van der Waals surface area contributed by atoms with Crippen LogP contribution in [0, 0.1) is 12.7 Å². The minimum absolute atomic E-state index is 0.0640. The number of benzene rings is 1. The first-order valence-electron chi connectivity index (χ1n) is 6.49. The van der Waals surface area contributed by atoms with E-state index < -0.39 is 29.6 Å². The highest BCUT2D eigenvalue weighted by atomic mass is 79.9. The van der Waals surface area contributed by atoms with Crippen molar-refractivity contribution >= 4 is 27.5 Å². The first kappa shape index (κ1) is 17.5. The summed E-state index contributed by atoms with van der Waals surface area (Å²) in [4.78, 5) is 12.1. The maximum atomic E-state index is 13.7. The molecule has 1 heterocycles. The standard InChI is InChI=1S/C14H12BrF4N3O/c1-7-5-12(14(17,18)19)21-22(7)8(2)13(23)20-11-4-3-9(15)6-10(11)16/h3-6,8H,1-2H3,(H,20,23). The van der Waals surface area contributed by atoms with Crippen molar-refractivity contribution in [3.63, 3.8) is 0 Å². The topological polar surface area (TPSA) is 46.9 Å². The van der Waals surface area contributed by atoms with E-state index in [0.29, 0.717) is 4.47 Å². The van der Waals surface area contributed by atoms with Gasteiger partial charge in [-0.3, -0.25) is 9.48 Å². The molecule has 4 nitrogen and oxygen atoms in total. The molecule has 0 spiro atoms. The summed E-state index contributed by atoms with van der Waals surface area (Å²) in [5, 5.41) is 5.74. The van der Waals surface area contributed by atoms with Crippen LogP contribution in [0.1, 0.15) is 24.4 Å². The van der Waals surface area contributed by atoms with Crippen LogP contribution in [0.4, 0.5) is 23.2 Å². The molecular formula is C14H12BrF4N3O. The van der Waals surface area contributed by atoms with Gasteiger partial charge in [0.1, 0.15) is 11.9 Å². The number of nitrogens with one attached hydrogen (secondary N) is 1. The van der Waals surface area contributed by atoms with Crippen LogP contribution in [0.25, 0.3) is 0 Å². The smallest absolute Gasteiger partial charge is 0.322 e. The molecule has 0 aliphatic heterocycles. The first-order valence-corrected chi connectivity index (χ1v) is 7.28. The summed E-state index contributed by atoms with van der Waals surface area (Å²) < 4.78 is 53.1. The molecule has 124 valence electrons. The molecule has 2 aromatic rings. The second-order valence-corrected chi connectivity index (χ2v) is 5.82. The Morgan fingerprint density at radius 2 is 2.00 bits per heavy atom. The van der Waals surface area contributed by atoms with Crippen molar-refractivity contribution in [3.8, 4) is 0 Å². The molecule has 0 aliphatic rings. The summed E-state index contributed by atoms with van der Waals surface area (Å²) in [5.41, 5.74) is -0.966. The number of amides is 1. The van der Waals surface area contributed by atoms with E-state index in [1.807, 2.05) is 0 Å².